The summed E-state index contributed by atoms with van der Waals surface area (Å²) in [5, 5.41) is 14.3. The van der Waals surface area contributed by atoms with Crippen LogP contribution in [0.5, 0.6) is 0 Å². The van der Waals surface area contributed by atoms with Gasteiger partial charge < -0.3 is 5.32 Å². The fourth-order valence-electron chi connectivity index (χ4n) is 3.02. The van der Waals surface area contributed by atoms with Crippen molar-refractivity contribution in [3.63, 3.8) is 0 Å². The molecular weight excluding hydrogens is 288 g/mol. The van der Waals surface area contributed by atoms with E-state index in [-0.39, 0.29) is 22.4 Å². The van der Waals surface area contributed by atoms with E-state index < -0.39 is 15.7 Å². The molecule has 0 spiro atoms. The van der Waals surface area contributed by atoms with Crippen molar-refractivity contribution in [3.05, 3.63) is 34.4 Å². The van der Waals surface area contributed by atoms with Gasteiger partial charge in [0.1, 0.15) is 4.90 Å². The number of rotatable bonds is 4. The highest BCUT2D eigenvalue weighted by atomic mass is 32.2. The molecule has 6 heteroatoms. The zero-order valence-corrected chi connectivity index (χ0v) is 13.5. The Hall–Kier alpha value is -1.27. The quantitative estimate of drug-likeness (QED) is 0.685. The average molecular weight is 310 g/mol. The third-order valence-corrected chi connectivity index (χ3v) is 6.08. The maximum Gasteiger partial charge on any atom is 0.285 e. The van der Waals surface area contributed by atoms with E-state index in [4.69, 9.17) is 0 Å². The summed E-state index contributed by atoms with van der Waals surface area (Å²) in [5.41, 5.74) is 0.0751. The summed E-state index contributed by atoms with van der Waals surface area (Å²) in [7, 11) is 0.485. The molecule has 3 atom stereocenters. The molecule has 0 heterocycles. The first kappa shape index (κ1) is 16.1. The fraction of sp³-hybridized carbons (Fsp3) is 0.600. The smallest absolute Gasteiger partial charge is 0.285 e. The van der Waals surface area contributed by atoms with E-state index in [9.17, 15) is 14.3 Å². The van der Waals surface area contributed by atoms with E-state index in [1.54, 1.807) is 18.2 Å². The second-order valence-corrected chi connectivity index (χ2v) is 8.00. The van der Waals surface area contributed by atoms with Gasteiger partial charge in [-0.15, -0.1) is 0 Å². The van der Waals surface area contributed by atoms with Gasteiger partial charge in [0.15, 0.2) is 0 Å². The fourth-order valence-corrected chi connectivity index (χ4v) is 5.08. The summed E-state index contributed by atoms with van der Waals surface area (Å²) >= 11 is 0. The van der Waals surface area contributed by atoms with Crippen molar-refractivity contribution in [1.82, 2.24) is 5.32 Å². The lowest BCUT2D eigenvalue weighted by molar-refractivity contribution is -0.387. The van der Waals surface area contributed by atoms with Crippen LogP contribution in [0.4, 0.5) is 5.69 Å². The zero-order chi connectivity index (χ0) is 15.6. The Morgan fingerprint density at radius 3 is 2.67 bits per heavy atom. The maximum atomic E-state index is 12.9. The third kappa shape index (κ3) is 3.49. The van der Waals surface area contributed by atoms with Crippen molar-refractivity contribution >= 4 is 16.5 Å². The van der Waals surface area contributed by atoms with Crippen molar-refractivity contribution < 1.29 is 9.13 Å². The van der Waals surface area contributed by atoms with Crippen molar-refractivity contribution in [3.8, 4) is 0 Å². The molecule has 1 fully saturated rings. The zero-order valence-electron chi connectivity index (χ0n) is 12.7. The van der Waals surface area contributed by atoms with E-state index in [1.165, 1.54) is 6.07 Å². The standard InChI is InChI=1S/C15H22N2O3S/c1-15(2)9-8-11(16-3)14(10-15)21(20)13-7-5-4-6-12(13)17(18)19/h4-7,11,14,16H,8-10H2,1-3H3. The van der Waals surface area contributed by atoms with Crippen LogP contribution in [-0.2, 0) is 10.8 Å². The van der Waals surface area contributed by atoms with E-state index in [0.717, 1.165) is 19.3 Å². The average Bonchev–Trinajstić information content (AvgIpc) is 2.45. The highest BCUT2D eigenvalue weighted by Gasteiger charge is 2.39. The Morgan fingerprint density at radius 1 is 1.38 bits per heavy atom. The Bertz CT molecular complexity index is 560. The monoisotopic (exact) mass is 310 g/mol. The van der Waals surface area contributed by atoms with Gasteiger partial charge in [0.05, 0.1) is 21.0 Å². The number of nitro benzene ring substituents is 1. The minimum atomic E-state index is -1.38. The van der Waals surface area contributed by atoms with Gasteiger partial charge in [-0.05, 0) is 37.8 Å². The number of nitrogens with one attached hydrogen (secondary N) is 1. The molecule has 1 saturated carbocycles. The summed E-state index contributed by atoms with van der Waals surface area (Å²) in [5.74, 6) is 0. The lowest BCUT2D eigenvalue weighted by Crippen LogP contribution is -2.47. The second-order valence-electron chi connectivity index (χ2n) is 6.36. The molecule has 1 aromatic carbocycles. The Morgan fingerprint density at radius 2 is 2.05 bits per heavy atom. The summed E-state index contributed by atoms with van der Waals surface area (Å²) in [6, 6.07) is 6.50. The van der Waals surface area contributed by atoms with Gasteiger partial charge in [-0.3, -0.25) is 14.3 Å². The molecule has 1 aliphatic rings. The van der Waals surface area contributed by atoms with Gasteiger partial charge >= 0.3 is 0 Å². The van der Waals surface area contributed by atoms with Crippen LogP contribution in [0, 0.1) is 15.5 Å². The van der Waals surface area contributed by atoms with E-state index in [0.29, 0.717) is 4.90 Å². The van der Waals surface area contributed by atoms with Gasteiger partial charge in [0, 0.05) is 12.1 Å². The molecule has 0 bridgehead atoms. The molecule has 1 aliphatic carbocycles. The molecule has 3 unspecified atom stereocenters. The number of para-hydroxylation sites is 1. The van der Waals surface area contributed by atoms with Crippen molar-refractivity contribution in [1.29, 1.82) is 0 Å². The first-order valence-corrected chi connectivity index (χ1v) is 8.38. The Labute approximate surface area is 127 Å². The van der Waals surface area contributed by atoms with Crippen LogP contribution >= 0.6 is 0 Å². The van der Waals surface area contributed by atoms with Crippen LogP contribution in [0.15, 0.2) is 29.2 Å². The van der Waals surface area contributed by atoms with Gasteiger partial charge in [-0.1, -0.05) is 26.0 Å². The number of hydrogen-bond acceptors (Lipinski definition) is 4. The van der Waals surface area contributed by atoms with Crippen LogP contribution in [0.2, 0.25) is 0 Å². The molecule has 1 N–H and O–H groups in total. The maximum absolute atomic E-state index is 12.9. The Balaban J connectivity index is 2.35. The molecule has 5 nitrogen and oxygen atoms in total. The van der Waals surface area contributed by atoms with Crippen LogP contribution in [0.25, 0.3) is 0 Å². The largest absolute Gasteiger partial charge is 0.316 e. The predicted octanol–water partition coefficient (Wildman–Crippen LogP) is 2.87. The normalized spacial score (nSPS) is 26.2. The molecular formula is C15H22N2O3S. The predicted molar refractivity (Wildman–Crippen MR) is 83.8 cm³/mol. The molecule has 21 heavy (non-hydrogen) atoms. The molecule has 0 aromatic heterocycles. The van der Waals surface area contributed by atoms with Gasteiger partial charge in [0.2, 0.25) is 0 Å². The first-order valence-electron chi connectivity index (χ1n) is 7.17. The van der Waals surface area contributed by atoms with Crippen molar-refractivity contribution in [2.45, 2.75) is 49.3 Å². The lowest BCUT2D eigenvalue weighted by Gasteiger charge is -2.40. The second kappa shape index (κ2) is 6.23. The summed E-state index contributed by atoms with van der Waals surface area (Å²) < 4.78 is 12.9. The molecule has 0 saturated heterocycles. The highest BCUT2D eigenvalue weighted by Crippen LogP contribution is 2.39. The van der Waals surface area contributed by atoms with Crippen molar-refractivity contribution in [2.24, 2.45) is 5.41 Å². The van der Waals surface area contributed by atoms with Crippen LogP contribution in [0.1, 0.15) is 33.1 Å². The minimum absolute atomic E-state index is 0.0472. The number of nitro groups is 1. The molecule has 1 aromatic rings. The number of benzene rings is 1. The summed E-state index contributed by atoms with van der Waals surface area (Å²) in [6.07, 6.45) is 2.82. The lowest BCUT2D eigenvalue weighted by atomic mass is 9.75. The van der Waals surface area contributed by atoms with Gasteiger partial charge in [-0.25, -0.2) is 0 Å². The van der Waals surface area contributed by atoms with E-state index in [1.807, 2.05) is 7.05 Å². The summed E-state index contributed by atoms with van der Waals surface area (Å²) in [6.45, 7) is 4.34. The summed E-state index contributed by atoms with van der Waals surface area (Å²) in [4.78, 5) is 11.0. The van der Waals surface area contributed by atoms with Gasteiger partial charge in [-0.2, -0.15) is 0 Å². The molecule has 0 radical (unpaired) electrons. The first-order chi connectivity index (χ1) is 9.85. The molecule has 0 amide bonds. The molecule has 2 rings (SSSR count). The molecule has 116 valence electrons. The minimum Gasteiger partial charge on any atom is -0.316 e. The highest BCUT2D eigenvalue weighted by molar-refractivity contribution is 7.86. The van der Waals surface area contributed by atoms with Crippen LogP contribution < -0.4 is 5.32 Å². The van der Waals surface area contributed by atoms with Crippen LogP contribution in [-0.4, -0.2) is 27.5 Å². The SMILES string of the molecule is CNC1CCC(C)(C)CC1S(=O)c1ccccc1[N+](=O)[O-]. The Kier molecular flexibility index (Phi) is 4.78. The molecule has 0 aliphatic heterocycles. The topological polar surface area (TPSA) is 72.2 Å². The van der Waals surface area contributed by atoms with E-state index in [2.05, 4.69) is 19.2 Å². The number of nitrogens with zero attached hydrogens (tertiary/aromatic N) is 1. The van der Waals surface area contributed by atoms with Crippen molar-refractivity contribution in [2.75, 3.05) is 7.05 Å². The number of hydrogen-bond donors (Lipinski definition) is 1. The van der Waals surface area contributed by atoms with Crippen LogP contribution in [0.3, 0.4) is 0 Å². The third-order valence-electron chi connectivity index (χ3n) is 4.26. The van der Waals surface area contributed by atoms with Gasteiger partial charge in [0.25, 0.3) is 5.69 Å². The van der Waals surface area contributed by atoms with E-state index >= 15 is 0 Å².